The van der Waals surface area contributed by atoms with Crippen molar-refractivity contribution < 1.29 is 35.7 Å². The van der Waals surface area contributed by atoms with Gasteiger partial charge in [0, 0.05) is 18.2 Å². The van der Waals surface area contributed by atoms with Gasteiger partial charge in [0.15, 0.2) is 0 Å². The van der Waals surface area contributed by atoms with E-state index in [-0.39, 0.29) is 36.1 Å². The third-order valence-electron chi connectivity index (χ3n) is 5.68. The Morgan fingerprint density at radius 1 is 1.19 bits per heavy atom. The van der Waals surface area contributed by atoms with Gasteiger partial charge < -0.3 is 9.64 Å². The van der Waals surface area contributed by atoms with Gasteiger partial charge >= 0.3 is 11.6 Å². The molecule has 36 heavy (non-hydrogen) atoms. The SMILES string of the molecule is Cc1cc(F)cc(-c2cccc(C[C@H]3[C@@H](NS(=N)(=O)C(F)(F)F)CCN3C(=O)OC(C)(C)C)c2F)c1. The van der Waals surface area contributed by atoms with E-state index in [0.717, 1.165) is 4.90 Å². The number of ether oxygens (including phenoxy) is 1. The lowest BCUT2D eigenvalue weighted by molar-refractivity contribution is -0.0421. The maximum absolute atomic E-state index is 15.6. The van der Waals surface area contributed by atoms with Crippen LogP contribution < -0.4 is 4.72 Å². The quantitative estimate of drug-likeness (QED) is 0.468. The van der Waals surface area contributed by atoms with Crippen molar-refractivity contribution in [3.05, 3.63) is 59.2 Å². The molecule has 0 saturated carbocycles. The fourth-order valence-corrected chi connectivity index (χ4v) is 4.98. The zero-order valence-electron chi connectivity index (χ0n) is 20.2. The first-order valence-corrected chi connectivity index (χ1v) is 12.7. The van der Waals surface area contributed by atoms with Crippen LogP contribution in [0, 0.1) is 23.3 Å². The second-order valence-electron chi connectivity index (χ2n) is 9.76. The summed E-state index contributed by atoms with van der Waals surface area (Å²) in [5.41, 5.74) is -5.24. The van der Waals surface area contributed by atoms with Gasteiger partial charge in [0.25, 0.3) is 0 Å². The topological polar surface area (TPSA) is 82.5 Å². The molecule has 0 bridgehead atoms. The van der Waals surface area contributed by atoms with E-state index in [2.05, 4.69) is 0 Å². The largest absolute Gasteiger partial charge is 0.492 e. The monoisotopic (exact) mass is 533 g/mol. The number of benzene rings is 2. The van der Waals surface area contributed by atoms with Gasteiger partial charge in [-0.3, -0.25) is 0 Å². The first-order valence-electron chi connectivity index (χ1n) is 11.2. The molecule has 2 aromatic carbocycles. The summed E-state index contributed by atoms with van der Waals surface area (Å²) in [6.45, 7) is 6.47. The number of hydrogen-bond acceptors (Lipinski definition) is 4. The van der Waals surface area contributed by atoms with Crippen LogP contribution in [0.4, 0.5) is 26.7 Å². The van der Waals surface area contributed by atoms with Crippen LogP contribution in [0.25, 0.3) is 11.1 Å². The number of nitrogens with zero attached hydrogens (tertiary/aromatic N) is 1. The molecular weight excluding hydrogens is 505 g/mol. The standard InChI is InChI=1S/C24H28F5N3O3S/c1-14-10-16(12-17(25)11-14)18-7-5-6-15(21(18)26)13-20-19(31-36(30,34)24(27,28)29)8-9-32(20)22(33)35-23(2,3)4/h5-7,10-12,19-20H,8-9,13H2,1-4H3,(H2,30,31,34)/t19-,20-,36?/m0/s1. The Morgan fingerprint density at radius 3 is 2.44 bits per heavy atom. The molecule has 1 saturated heterocycles. The lowest BCUT2D eigenvalue weighted by Crippen LogP contribution is -2.51. The third-order valence-corrected chi connectivity index (χ3v) is 6.96. The summed E-state index contributed by atoms with van der Waals surface area (Å²) in [6, 6.07) is 6.12. The van der Waals surface area contributed by atoms with Crippen molar-refractivity contribution in [1.82, 2.24) is 9.62 Å². The number of amides is 1. The molecule has 198 valence electrons. The van der Waals surface area contributed by atoms with Crippen LogP contribution in [0.5, 0.6) is 0 Å². The van der Waals surface area contributed by atoms with E-state index in [9.17, 15) is 26.6 Å². The van der Waals surface area contributed by atoms with E-state index in [0.29, 0.717) is 5.56 Å². The molecule has 1 unspecified atom stereocenters. The summed E-state index contributed by atoms with van der Waals surface area (Å²) in [5.74, 6) is -1.27. The number of rotatable bonds is 5. The van der Waals surface area contributed by atoms with E-state index < -0.39 is 50.8 Å². The zero-order valence-corrected chi connectivity index (χ0v) is 21.0. The smallest absolute Gasteiger partial charge is 0.444 e. The van der Waals surface area contributed by atoms with Crippen LogP contribution in [0.15, 0.2) is 36.4 Å². The van der Waals surface area contributed by atoms with Crippen LogP contribution in [0.1, 0.15) is 38.3 Å². The molecule has 1 fully saturated rings. The van der Waals surface area contributed by atoms with Crippen LogP contribution in [-0.4, -0.2) is 44.9 Å². The first kappa shape index (κ1) is 27.9. The number of carbonyl (C=O) groups is 1. The Hall–Kier alpha value is -2.73. The maximum Gasteiger partial charge on any atom is 0.492 e. The van der Waals surface area contributed by atoms with Crippen molar-refractivity contribution in [2.75, 3.05) is 6.54 Å². The minimum absolute atomic E-state index is 0.0466. The molecule has 1 heterocycles. The molecule has 1 amide bonds. The second-order valence-corrected chi connectivity index (χ2v) is 11.6. The highest BCUT2D eigenvalue weighted by Crippen LogP contribution is 2.32. The molecule has 1 aliphatic heterocycles. The Bertz CT molecular complexity index is 1220. The fourth-order valence-electron chi connectivity index (χ4n) is 4.15. The van der Waals surface area contributed by atoms with Gasteiger partial charge in [0.05, 0.1) is 6.04 Å². The summed E-state index contributed by atoms with van der Waals surface area (Å²) in [6.07, 6.45) is -1.13. The normalized spacial score (nSPS) is 20.3. The van der Waals surface area contributed by atoms with E-state index in [4.69, 9.17) is 9.52 Å². The molecule has 12 heteroatoms. The van der Waals surface area contributed by atoms with Crippen LogP contribution in [0.3, 0.4) is 0 Å². The lowest BCUT2D eigenvalue weighted by atomic mass is 9.95. The minimum Gasteiger partial charge on any atom is -0.444 e. The number of halogens is 5. The molecule has 2 aromatic rings. The van der Waals surface area contributed by atoms with Crippen molar-refractivity contribution in [3.63, 3.8) is 0 Å². The van der Waals surface area contributed by atoms with Crippen molar-refractivity contribution in [2.24, 2.45) is 0 Å². The van der Waals surface area contributed by atoms with Crippen molar-refractivity contribution in [1.29, 1.82) is 4.78 Å². The van der Waals surface area contributed by atoms with Crippen LogP contribution in [-0.2, 0) is 21.1 Å². The molecule has 0 aliphatic carbocycles. The van der Waals surface area contributed by atoms with Gasteiger partial charge in [-0.05, 0) is 69.4 Å². The molecule has 0 aromatic heterocycles. The molecule has 1 aliphatic rings. The number of likely N-dealkylation sites (tertiary alicyclic amines) is 1. The number of nitrogens with one attached hydrogen (secondary N) is 2. The highest BCUT2D eigenvalue weighted by Gasteiger charge is 2.47. The highest BCUT2D eigenvalue weighted by atomic mass is 32.2. The maximum atomic E-state index is 15.6. The zero-order chi connectivity index (χ0) is 27.1. The number of alkyl halides is 3. The van der Waals surface area contributed by atoms with E-state index >= 15 is 4.39 Å². The fraction of sp³-hybridized carbons (Fsp3) is 0.458. The highest BCUT2D eigenvalue weighted by molar-refractivity contribution is 7.91. The summed E-state index contributed by atoms with van der Waals surface area (Å²) < 4.78 is 95.5. The van der Waals surface area contributed by atoms with Gasteiger partial charge in [-0.1, -0.05) is 24.3 Å². The third kappa shape index (κ3) is 6.33. The number of aryl methyl sites for hydroxylation is 1. The van der Waals surface area contributed by atoms with Crippen molar-refractivity contribution in [2.45, 2.75) is 63.7 Å². The molecule has 3 atom stereocenters. The van der Waals surface area contributed by atoms with Gasteiger partial charge in [-0.15, -0.1) is 0 Å². The second kappa shape index (κ2) is 9.97. The summed E-state index contributed by atoms with van der Waals surface area (Å²) in [7, 11) is -5.23. The molecule has 3 rings (SSSR count). The van der Waals surface area contributed by atoms with Gasteiger partial charge in [0.1, 0.15) is 17.2 Å². The molecule has 6 nitrogen and oxygen atoms in total. The van der Waals surface area contributed by atoms with E-state index in [1.54, 1.807) is 33.8 Å². The van der Waals surface area contributed by atoms with Gasteiger partial charge in [0.2, 0.25) is 9.92 Å². The number of hydrogen-bond donors (Lipinski definition) is 2. The molecule has 2 N–H and O–H groups in total. The van der Waals surface area contributed by atoms with Crippen molar-refractivity contribution in [3.8, 4) is 11.1 Å². The van der Waals surface area contributed by atoms with E-state index in [1.165, 1.54) is 30.3 Å². The summed E-state index contributed by atoms with van der Waals surface area (Å²) in [5, 5.41) is 0. The average Bonchev–Trinajstić information content (AvgIpc) is 3.08. The van der Waals surface area contributed by atoms with Crippen molar-refractivity contribution >= 4 is 16.0 Å². The van der Waals surface area contributed by atoms with Crippen LogP contribution >= 0.6 is 0 Å². The Balaban J connectivity index is 1.99. The molecule has 0 spiro atoms. The van der Waals surface area contributed by atoms with E-state index in [1.807, 2.05) is 4.72 Å². The predicted molar refractivity (Wildman–Crippen MR) is 125 cm³/mol. The van der Waals surface area contributed by atoms with Gasteiger partial charge in [-0.2, -0.15) is 13.2 Å². The average molecular weight is 534 g/mol. The predicted octanol–water partition coefficient (Wildman–Crippen LogP) is 5.93. The lowest BCUT2D eigenvalue weighted by Gasteiger charge is -2.31. The molecule has 0 radical (unpaired) electrons. The Kier molecular flexibility index (Phi) is 7.71. The Labute approximate surface area is 206 Å². The Morgan fingerprint density at radius 2 is 1.86 bits per heavy atom. The first-order chi connectivity index (χ1) is 16.5. The summed E-state index contributed by atoms with van der Waals surface area (Å²) >= 11 is 0. The molecular formula is C24H28F5N3O3S. The minimum atomic E-state index is -5.34. The van der Waals surface area contributed by atoms with Crippen LogP contribution in [0.2, 0.25) is 0 Å². The number of carbonyl (C=O) groups excluding carboxylic acids is 1. The van der Waals surface area contributed by atoms with Gasteiger partial charge in [-0.25, -0.2) is 27.3 Å². The summed E-state index contributed by atoms with van der Waals surface area (Å²) in [4.78, 5) is 14.0.